The molecule has 0 radical (unpaired) electrons. The third kappa shape index (κ3) is 3.38. The molecule has 0 saturated heterocycles. The van der Waals surface area contributed by atoms with Gasteiger partial charge in [-0.25, -0.2) is 0 Å². The Labute approximate surface area is 78.0 Å². The van der Waals surface area contributed by atoms with E-state index in [9.17, 15) is 0 Å². The Balaban J connectivity index is 2.41. The lowest BCUT2D eigenvalue weighted by molar-refractivity contribution is 0.244. The van der Waals surface area contributed by atoms with Crippen molar-refractivity contribution in [3.05, 3.63) is 17.8 Å². The van der Waals surface area contributed by atoms with Gasteiger partial charge >= 0.3 is 0 Å². The first-order valence-electron chi connectivity index (χ1n) is 4.37. The van der Waals surface area contributed by atoms with Crippen molar-refractivity contribution in [1.82, 2.24) is 10.2 Å². The lowest BCUT2D eigenvalue weighted by Crippen LogP contribution is -2.15. The molecule has 0 bridgehead atoms. The summed E-state index contributed by atoms with van der Waals surface area (Å²) in [5.74, 6) is 0.994. The predicted molar refractivity (Wildman–Crippen MR) is 51.5 cm³/mol. The number of aliphatic hydroxyl groups excluding tert-OH is 1. The molecule has 2 N–H and O–H groups in total. The number of aryl methyl sites for hydroxylation is 1. The van der Waals surface area contributed by atoms with E-state index in [2.05, 4.69) is 15.5 Å². The van der Waals surface area contributed by atoms with Crippen LogP contribution in [0.15, 0.2) is 12.1 Å². The molecule has 1 rings (SSSR count). The molecule has 0 spiro atoms. The maximum atomic E-state index is 8.78. The maximum Gasteiger partial charge on any atom is 0.148 e. The fourth-order valence-electron chi connectivity index (χ4n) is 0.837. The number of aromatic nitrogens is 2. The van der Waals surface area contributed by atoms with Crippen LogP contribution in [0.25, 0.3) is 0 Å². The SMILES string of the molecule is Cc1ccc(NCC(C)CO)nn1. The molecule has 72 valence electrons. The van der Waals surface area contributed by atoms with E-state index in [0.717, 1.165) is 11.5 Å². The maximum absolute atomic E-state index is 8.78. The van der Waals surface area contributed by atoms with Crippen LogP contribution >= 0.6 is 0 Å². The van der Waals surface area contributed by atoms with Crippen LogP contribution in [0.3, 0.4) is 0 Å². The Kier molecular flexibility index (Phi) is 3.64. The molecule has 1 unspecified atom stereocenters. The number of hydrogen-bond donors (Lipinski definition) is 2. The molecular weight excluding hydrogens is 166 g/mol. The van der Waals surface area contributed by atoms with E-state index >= 15 is 0 Å². The van der Waals surface area contributed by atoms with Crippen molar-refractivity contribution in [2.75, 3.05) is 18.5 Å². The number of nitrogens with one attached hydrogen (secondary N) is 1. The van der Waals surface area contributed by atoms with E-state index in [1.54, 1.807) is 0 Å². The predicted octanol–water partition coefficient (Wildman–Crippen LogP) is 0.825. The fourth-order valence-corrected chi connectivity index (χ4v) is 0.837. The van der Waals surface area contributed by atoms with E-state index < -0.39 is 0 Å². The average molecular weight is 181 g/mol. The molecule has 0 fully saturated rings. The van der Waals surface area contributed by atoms with Gasteiger partial charge < -0.3 is 10.4 Å². The summed E-state index contributed by atoms with van der Waals surface area (Å²) in [6.45, 7) is 4.77. The Morgan fingerprint density at radius 2 is 2.23 bits per heavy atom. The summed E-state index contributed by atoms with van der Waals surface area (Å²) in [5.41, 5.74) is 0.903. The zero-order chi connectivity index (χ0) is 9.68. The van der Waals surface area contributed by atoms with Crippen molar-refractivity contribution in [2.45, 2.75) is 13.8 Å². The van der Waals surface area contributed by atoms with Crippen LogP contribution in [0.4, 0.5) is 5.82 Å². The number of nitrogens with zero attached hydrogens (tertiary/aromatic N) is 2. The van der Waals surface area contributed by atoms with Gasteiger partial charge in [-0.2, -0.15) is 5.10 Å². The number of hydrogen-bond acceptors (Lipinski definition) is 4. The minimum atomic E-state index is 0.187. The van der Waals surface area contributed by atoms with Crippen LogP contribution in [-0.2, 0) is 0 Å². The van der Waals surface area contributed by atoms with Crippen LogP contribution in [0.1, 0.15) is 12.6 Å². The van der Waals surface area contributed by atoms with Crippen molar-refractivity contribution < 1.29 is 5.11 Å². The van der Waals surface area contributed by atoms with Gasteiger partial charge in [0.15, 0.2) is 0 Å². The Hall–Kier alpha value is -1.16. The highest BCUT2D eigenvalue weighted by atomic mass is 16.3. The molecule has 0 saturated carbocycles. The van der Waals surface area contributed by atoms with Crippen LogP contribution in [0.2, 0.25) is 0 Å². The van der Waals surface area contributed by atoms with Crippen LogP contribution < -0.4 is 5.32 Å². The quantitative estimate of drug-likeness (QED) is 0.722. The molecule has 0 aromatic carbocycles. The molecule has 4 heteroatoms. The second kappa shape index (κ2) is 4.77. The zero-order valence-electron chi connectivity index (χ0n) is 7.99. The zero-order valence-corrected chi connectivity index (χ0v) is 7.99. The first kappa shape index (κ1) is 9.92. The van der Waals surface area contributed by atoms with E-state index in [-0.39, 0.29) is 12.5 Å². The Morgan fingerprint density at radius 1 is 1.46 bits per heavy atom. The van der Waals surface area contributed by atoms with Gasteiger partial charge in [-0.15, -0.1) is 5.10 Å². The van der Waals surface area contributed by atoms with E-state index in [4.69, 9.17) is 5.11 Å². The third-order valence-corrected chi connectivity index (χ3v) is 1.74. The molecular formula is C9H15N3O. The lowest BCUT2D eigenvalue weighted by Gasteiger charge is -2.09. The molecule has 1 heterocycles. The molecule has 13 heavy (non-hydrogen) atoms. The highest BCUT2D eigenvalue weighted by Gasteiger charge is 1.99. The Bertz CT molecular complexity index is 248. The minimum absolute atomic E-state index is 0.187. The van der Waals surface area contributed by atoms with Crippen molar-refractivity contribution in [1.29, 1.82) is 0 Å². The van der Waals surface area contributed by atoms with Crippen molar-refractivity contribution in [2.24, 2.45) is 5.92 Å². The van der Waals surface area contributed by atoms with E-state index in [1.165, 1.54) is 0 Å². The smallest absolute Gasteiger partial charge is 0.148 e. The highest BCUT2D eigenvalue weighted by Crippen LogP contribution is 2.02. The van der Waals surface area contributed by atoms with Gasteiger partial charge in [-0.1, -0.05) is 6.92 Å². The lowest BCUT2D eigenvalue weighted by atomic mass is 10.2. The molecule has 0 amide bonds. The summed E-state index contributed by atoms with van der Waals surface area (Å²) in [7, 11) is 0. The summed E-state index contributed by atoms with van der Waals surface area (Å²) < 4.78 is 0. The van der Waals surface area contributed by atoms with Gasteiger partial charge in [0.1, 0.15) is 5.82 Å². The summed E-state index contributed by atoms with van der Waals surface area (Å²) in [4.78, 5) is 0. The minimum Gasteiger partial charge on any atom is -0.396 e. The molecule has 0 aliphatic carbocycles. The van der Waals surface area contributed by atoms with Crippen LogP contribution in [0, 0.1) is 12.8 Å². The second-order valence-corrected chi connectivity index (χ2v) is 3.23. The van der Waals surface area contributed by atoms with Crippen LogP contribution in [0.5, 0.6) is 0 Å². The summed E-state index contributed by atoms with van der Waals surface area (Å²) in [5, 5.41) is 19.7. The summed E-state index contributed by atoms with van der Waals surface area (Å²) in [6.07, 6.45) is 0. The van der Waals surface area contributed by atoms with E-state index in [0.29, 0.717) is 6.54 Å². The monoisotopic (exact) mass is 181 g/mol. The van der Waals surface area contributed by atoms with Crippen LogP contribution in [-0.4, -0.2) is 28.5 Å². The highest BCUT2D eigenvalue weighted by molar-refractivity contribution is 5.32. The van der Waals surface area contributed by atoms with Gasteiger partial charge in [0.25, 0.3) is 0 Å². The first-order valence-corrected chi connectivity index (χ1v) is 4.37. The topological polar surface area (TPSA) is 58.0 Å². The number of rotatable bonds is 4. The van der Waals surface area contributed by atoms with Gasteiger partial charge in [-0.3, -0.25) is 0 Å². The normalized spacial score (nSPS) is 12.5. The largest absolute Gasteiger partial charge is 0.396 e. The van der Waals surface area contributed by atoms with Gasteiger partial charge in [0.2, 0.25) is 0 Å². The molecule has 1 aromatic heterocycles. The number of aliphatic hydroxyl groups is 1. The molecule has 1 aromatic rings. The standard InChI is InChI=1S/C9H15N3O/c1-7(6-13)5-10-9-4-3-8(2)11-12-9/h3-4,7,13H,5-6H2,1-2H3,(H,10,12). The molecule has 1 atom stereocenters. The summed E-state index contributed by atoms with van der Waals surface area (Å²) in [6, 6.07) is 3.78. The van der Waals surface area contributed by atoms with Crippen molar-refractivity contribution in [3.63, 3.8) is 0 Å². The van der Waals surface area contributed by atoms with E-state index in [1.807, 2.05) is 26.0 Å². The van der Waals surface area contributed by atoms with Gasteiger partial charge in [0, 0.05) is 13.2 Å². The second-order valence-electron chi connectivity index (χ2n) is 3.23. The van der Waals surface area contributed by atoms with Gasteiger partial charge in [0.05, 0.1) is 5.69 Å². The summed E-state index contributed by atoms with van der Waals surface area (Å²) >= 11 is 0. The van der Waals surface area contributed by atoms with Crippen molar-refractivity contribution in [3.8, 4) is 0 Å². The molecule has 0 aliphatic rings. The molecule has 0 aliphatic heterocycles. The average Bonchev–Trinajstić information content (AvgIpc) is 2.16. The van der Waals surface area contributed by atoms with Crippen molar-refractivity contribution >= 4 is 5.82 Å². The Morgan fingerprint density at radius 3 is 2.77 bits per heavy atom. The fraction of sp³-hybridized carbons (Fsp3) is 0.556. The first-order chi connectivity index (χ1) is 6.22. The van der Waals surface area contributed by atoms with Gasteiger partial charge in [-0.05, 0) is 25.0 Å². The molecule has 4 nitrogen and oxygen atoms in total. The third-order valence-electron chi connectivity index (χ3n) is 1.74. The number of anilines is 1.